The molecule has 0 radical (unpaired) electrons. The van der Waals surface area contributed by atoms with E-state index < -0.39 is 5.97 Å². The van der Waals surface area contributed by atoms with Gasteiger partial charge in [-0.25, -0.2) is 4.98 Å². The van der Waals surface area contributed by atoms with Crippen LogP contribution in [-0.2, 0) is 17.1 Å². The van der Waals surface area contributed by atoms with Gasteiger partial charge in [0.1, 0.15) is 5.82 Å². The van der Waals surface area contributed by atoms with Gasteiger partial charge >= 0.3 is 5.97 Å². The fourth-order valence-corrected chi connectivity index (χ4v) is 2.68. The second-order valence-corrected chi connectivity index (χ2v) is 5.21. The van der Waals surface area contributed by atoms with Crippen LogP contribution in [0.4, 0.5) is 0 Å². The van der Waals surface area contributed by atoms with Crippen molar-refractivity contribution in [1.82, 2.24) is 9.55 Å². The Kier molecular flexibility index (Phi) is 4.14. The molecule has 1 N–H and O–H groups in total. The van der Waals surface area contributed by atoms with Gasteiger partial charge in [0.25, 0.3) is 0 Å². The van der Waals surface area contributed by atoms with Crippen LogP contribution in [0.5, 0.6) is 0 Å². The molecule has 0 bridgehead atoms. The Morgan fingerprint density at radius 3 is 3.00 bits per heavy atom. The number of hydrogen-bond donors (Lipinski definition) is 1. The molecule has 1 aromatic carbocycles. The fraction of sp³-hybridized carbons (Fsp3) is 0.333. The number of carbonyl (C=O) groups is 1. The van der Waals surface area contributed by atoms with Gasteiger partial charge in [-0.1, -0.05) is 11.6 Å². The van der Waals surface area contributed by atoms with Gasteiger partial charge in [-0.3, -0.25) is 4.79 Å². The number of aliphatic carboxylic acids is 1. The van der Waals surface area contributed by atoms with E-state index in [9.17, 15) is 4.79 Å². The van der Waals surface area contributed by atoms with Crippen LogP contribution in [0.2, 0.25) is 5.02 Å². The summed E-state index contributed by atoms with van der Waals surface area (Å²) in [4.78, 5) is 15.0. The van der Waals surface area contributed by atoms with Crippen LogP contribution in [0.25, 0.3) is 11.0 Å². The van der Waals surface area contributed by atoms with Crippen molar-refractivity contribution in [1.29, 1.82) is 0 Å². The van der Waals surface area contributed by atoms with E-state index in [2.05, 4.69) is 9.55 Å². The first-order valence-electron chi connectivity index (χ1n) is 5.56. The lowest BCUT2D eigenvalue weighted by atomic mass is 10.3. The number of carboxylic acid groups (broad SMARTS) is 1. The lowest BCUT2D eigenvalue weighted by molar-refractivity contribution is -0.133. The van der Waals surface area contributed by atoms with Gasteiger partial charge in [-0.15, -0.1) is 11.8 Å². The molecule has 0 amide bonds. The summed E-state index contributed by atoms with van der Waals surface area (Å²) in [5.41, 5.74) is 1.89. The van der Waals surface area contributed by atoms with Crippen LogP contribution in [0.3, 0.4) is 0 Å². The quantitative estimate of drug-likeness (QED) is 0.917. The molecule has 6 heteroatoms. The zero-order valence-electron chi connectivity index (χ0n) is 9.89. The fourth-order valence-electron chi connectivity index (χ4n) is 1.84. The van der Waals surface area contributed by atoms with E-state index in [4.69, 9.17) is 16.7 Å². The maximum atomic E-state index is 10.5. The first kappa shape index (κ1) is 13.2. The molecule has 1 heterocycles. The van der Waals surface area contributed by atoms with Crippen molar-refractivity contribution >= 4 is 40.4 Å². The average molecular weight is 285 g/mol. The second kappa shape index (κ2) is 5.63. The van der Waals surface area contributed by atoms with Gasteiger partial charge in [0.05, 0.1) is 22.5 Å². The van der Waals surface area contributed by atoms with Crippen LogP contribution >= 0.6 is 23.4 Å². The molecule has 0 atom stereocenters. The molecule has 0 saturated carbocycles. The molecule has 4 nitrogen and oxygen atoms in total. The van der Waals surface area contributed by atoms with Gasteiger partial charge in [-0.2, -0.15) is 0 Å². The van der Waals surface area contributed by atoms with Gasteiger partial charge in [-0.05, 0) is 25.1 Å². The highest BCUT2D eigenvalue weighted by Gasteiger charge is 2.10. The summed E-state index contributed by atoms with van der Waals surface area (Å²) in [5.74, 6) is 0.767. The van der Waals surface area contributed by atoms with Crippen molar-refractivity contribution in [3.8, 4) is 0 Å². The minimum Gasteiger partial charge on any atom is -0.481 e. The lowest BCUT2D eigenvalue weighted by Gasteiger charge is -2.05. The van der Waals surface area contributed by atoms with Crippen LogP contribution in [-0.4, -0.2) is 26.4 Å². The first-order valence-corrected chi connectivity index (χ1v) is 7.09. The van der Waals surface area contributed by atoms with E-state index >= 15 is 0 Å². The lowest BCUT2D eigenvalue weighted by Crippen LogP contribution is -2.03. The molecule has 0 saturated heterocycles. The zero-order valence-corrected chi connectivity index (χ0v) is 11.5. The average Bonchev–Trinajstić information content (AvgIpc) is 2.65. The van der Waals surface area contributed by atoms with Gasteiger partial charge < -0.3 is 9.67 Å². The molecule has 0 fully saturated rings. The maximum Gasteiger partial charge on any atom is 0.313 e. The molecule has 18 heavy (non-hydrogen) atoms. The van der Waals surface area contributed by atoms with E-state index in [0.29, 0.717) is 10.8 Å². The third kappa shape index (κ3) is 2.79. The highest BCUT2D eigenvalue weighted by atomic mass is 35.5. The van der Waals surface area contributed by atoms with Gasteiger partial charge in [0.2, 0.25) is 0 Å². The number of fused-ring (bicyclic) bond motifs is 1. The standard InChI is InChI=1S/C12H13ClN2O2S/c1-2-15-10-5-8(13)3-4-9(10)14-11(15)6-18-7-12(16)17/h3-5H,2,6-7H2,1H3,(H,16,17). The van der Waals surface area contributed by atoms with E-state index in [1.165, 1.54) is 11.8 Å². The van der Waals surface area contributed by atoms with Crippen molar-refractivity contribution in [2.45, 2.75) is 19.2 Å². The zero-order chi connectivity index (χ0) is 13.1. The third-order valence-corrected chi connectivity index (χ3v) is 3.71. The molecule has 96 valence electrons. The van der Waals surface area contributed by atoms with Crippen LogP contribution in [0.1, 0.15) is 12.7 Å². The highest BCUT2D eigenvalue weighted by molar-refractivity contribution is 7.99. The summed E-state index contributed by atoms with van der Waals surface area (Å²) in [5, 5.41) is 9.31. The van der Waals surface area contributed by atoms with E-state index in [-0.39, 0.29) is 5.75 Å². The van der Waals surface area contributed by atoms with Crippen LogP contribution < -0.4 is 0 Å². The summed E-state index contributed by atoms with van der Waals surface area (Å²) in [7, 11) is 0. The van der Waals surface area contributed by atoms with E-state index in [1.54, 1.807) is 0 Å². The summed E-state index contributed by atoms with van der Waals surface area (Å²) in [6.07, 6.45) is 0. The number of thioether (sulfide) groups is 1. The Labute approximate surface area is 114 Å². The summed E-state index contributed by atoms with van der Waals surface area (Å²) in [6, 6.07) is 5.58. The SMILES string of the molecule is CCn1c(CSCC(=O)O)nc2ccc(Cl)cc21. The molecule has 0 aliphatic heterocycles. The van der Waals surface area contributed by atoms with Gasteiger partial charge in [0, 0.05) is 11.6 Å². The molecular weight excluding hydrogens is 272 g/mol. The number of nitrogens with zero attached hydrogens (tertiary/aromatic N) is 2. The first-order chi connectivity index (χ1) is 8.61. The Hall–Kier alpha value is -1.20. The topological polar surface area (TPSA) is 55.1 Å². The maximum absolute atomic E-state index is 10.5. The Morgan fingerprint density at radius 1 is 1.56 bits per heavy atom. The van der Waals surface area contributed by atoms with Crippen LogP contribution in [0, 0.1) is 0 Å². The third-order valence-electron chi connectivity index (χ3n) is 2.56. The van der Waals surface area contributed by atoms with Gasteiger partial charge in [0.15, 0.2) is 0 Å². The molecule has 0 aliphatic carbocycles. The highest BCUT2D eigenvalue weighted by Crippen LogP contribution is 2.23. The number of aromatic nitrogens is 2. The number of imidazole rings is 1. The smallest absolute Gasteiger partial charge is 0.313 e. The molecule has 2 rings (SSSR count). The Morgan fingerprint density at radius 2 is 2.33 bits per heavy atom. The summed E-state index contributed by atoms with van der Waals surface area (Å²) in [6.45, 7) is 2.83. The number of aryl methyl sites for hydroxylation is 1. The van der Waals surface area contributed by atoms with Crippen molar-refractivity contribution in [3.05, 3.63) is 29.0 Å². The molecule has 0 aliphatic rings. The Balaban J connectivity index is 2.29. The largest absolute Gasteiger partial charge is 0.481 e. The number of carboxylic acids is 1. The number of rotatable bonds is 5. The molecular formula is C12H13ClN2O2S. The van der Waals surface area contributed by atoms with E-state index in [1.807, 2.05) is 25.1 Å². The molecule has 1 aromatic heterocycles. The van der Waals surface area contributed by atoms with Crippen molar-refractivity contribution < 1.29 is 9.90 Å². The van der Waals surface area contributed by atoms with Crippen molar-refractivity contribution in [3.63, 3.8) is 0 Å². The monoisotopic (exact) mass is 284 g/mol. The minimum atomic E-state index is -0.804. The molecule has 2 aromatic rings. The summed E-state index contributed by atoms with van der Waals surface area (Å²) >= 11 is 7.33. The van der Waals surface area contributed by atoms with E-state index in [0.717, 1.165) is 23.4 Å². The molecule has 0 unspecified atom stereocenters. The minimum absolute atomic E-state index is 0.0909. The van der Waals surface area contributed by atoms with Crippen molar-refractivity contribution in [2.75, 3.05) is 5.75 Å². The normalized spacial score (nSPS) is 11.0. The van der Waals surface area contributed by atoms with Crippen molar-refractivity contribution in [2.24, 2.45) is 0 Å². The van der Waals surface area contributed by atoms with Crippen LogP contribution in [0.15, 0.2) is 18.2 Å². The predicted molar refractivity (Wildman–Crippen MR) is 74.2 cm³/mol. The number of hydrogen-bond acceptors (Lipinski definition) is 3. The molecule has 0 spiro atoms. The number of benzene rings is 1. The predicted octanol–water partition coefficient (Wildman–Crippen LogP) is 3.03. The Bertz CT molecular complexity index is 583. The summed E-state index contributed by atoms with van der Waals surface area (Å²) < 4.78 is 2.07. The number of halogens is 1. The second-order valence-electron chi connectivity index (χ2n) is 3.79.